The van der Waals surface area contributed by atoms with Gasteiger partial charge in [0, 0.05) is 18.6 Å². The summed E-state index contributed by atoms with van der Waals surface area (Å²) in [5.41, 5.74) is 0. The Bertz CT molecular complexity index is 248. The zero-order valence-corrected chi connectivity index (χ0v) is 12.9. The number of hydrogen-bond donors (Lipinski definition) is 2. The topological polar surface area (TPSA) is 44.4 Å². The predicted octanol–water partition coefficient (Wildman–Crippen LogP) is 1.76. The highest BCUT2D eigenvalue weighted by atomic mass is 16.1. The van der Waals surface area contributed by atoms with Crippen molar-refractivity contribution >= 4 is 5.91 Å². The van der Waals surface area contributed by atoms with Crippen LogP contribution in [0.1, 0.15) is 52.9 Å². The van der Waals surface area contributed by atoms with Crippen molar-refractivity contribution in [2.24, 2.45) is 0 Å². The van der Waals surface area contributed by atoms with Gasteiger partial charge in [-0.3, -0.25) is 9.69 Å². The van der Waals surface area contributed by atoms with Gasteiger partial charge in [-0.2, -0.15) is 0 Å². The highest BCUT2D eigenvalue weighted by Gasteiger charge is 2.16. The molecule has 0 spiro atoms. The van der Waals surface area contributed by atoms with Crippen molar-refractivity contribution in [2.75, 3.05) is 26.2 Å². The lowest BCUT2D eigenvalue weighted by molar-refractivity contribution is -0.121. The first-order chi connectivity index (χ1) is 9.17. The second-order valence-corrected chi connectivity index (χ2v) is 5.66. The molecule has 112 valence electrons. The van der Waals surface area contributed by atoms with Crippen LogP contribution in [0.5, 0.6) is 0 Å². The Balaban J connectivity index is 2.13. The SMILES string of the molecule is CCC(CC)NC(=O)CNCC(C)N1CCCCC1. The van der Waals surface area contributed by atoms with Gasteiger partial charge in [-0.05, 0) is 45.7 Å². The van der Waals surface area contributed by atoms with Crippen molar-refractivity contribution in [1.29, 1.82) is 0 Å². The Morgan fingerprint density at radius 1 is 1.16 bits per heavy atom. The van der Waals surface area contributed by atoms with Crippen LogP contribution >= 0.6 is 0 Å². The highest BCUT2D eigenvalue weighted by Crippen LogP contribution is 2.11. The smallest absolute Gasteiger partial charge is 0.234 e. The maximum absolute atomic E-state index is 11.7. The van der Waals surface area contributed by atoms with E-state index in [2.05, 4.69) is 36.3 Å². The van der Waals surface area contributed by atoms with Crippen LogP contribution in [0.4, 0.5) is 0 Å². The molecule has 19 heavy (non-hydrogen) atoms. The zero-order chi connectivity index (χ0) is 14.1. The summed E-state index contributed by atoms with van der Waals surface area (Å²) >= 11 is 0. The van der Waals surface area contributed by atoms with E-state index >= 15 is 0 Å². The van der Waals surface area contributed by atoms with Gasteiger partial charge < -0.3 is 10.6 Å². The minimum atomic E-state index is 0.125. The molecule has 1 heterocycles. The van der Waals surface area contributed by atoms with E-state index in [0.717, 1.165) is 19.4 Å². The first-order valence-corrected chi connectivity index (χ1v) is 7.91. The molecule has 2 N–H and O–H groups in total. The van der Waals surface area contributed by atoms with Crippen LogP contribution < -0.4 is 10.6 Å². The molecule has 1 unspecified atom stereocenters. The maximum atomic E-state index is 11.7. The van der Waals surface area contributed by atoms with Crippen molar-refractivity contribution in [2.45, 2.75) is 65.0 Å². The molecule has 1 amide bonds. The Kier molecular flexibility index (Phi) is 8.07. The second-order valence-electron chi connectivity index (χ2n) is 5.66. The summed E-state index contributed by atoms with van der Waals surface area (Å²) < 4.78 is 0. The Hall–Kier alpha value is -0.610. The average molecular weight is 269 g/mol. The van der Waals surface area contributed by atoms with Gasteiger partial charge in [0.05, 0.1) is 6.54 Å². The molecule has 1 aliphatic rings. The molecule has 0 radical (unpaired) electrons. The summed E-state index contributed by atoms with van der Waals surface area (Å²) in [6.45, 7) is 10.2. The monoisotopic (exact) mass is 269 g/mol. The van der Waals surface area contributed by atoms with Crippen molar-refractivity contribution in [3.63, 3.8) is 0 Å². The number of piperidine rings is 1. The van der Waals surface area contributed by atoms with Crippen LogP contribution in [-0.2, 0) is 4.79 Å². The molecular formula is C15H31N3O. The highest BCUT2D eigenvalue weighted by molar-refractivity contribution is 5.78. The van der Waals surface area contributed by atoms with Gasteiger partial charge in [0.25, 0.3) is 0 Å². The molecule has 0 aliphatic carbocycles. The fraction of sp³-hybridized carbons (Fsp3) is 0.933. The molecule has 1 atom stereocenters. The standard InChI is InChI=1S/C15H31N3O/c1-4-14(5-2)17-15(19)12-16-11-13(3)18-9-7-6-8-10-18/h13-14,16H,4-12H2,1-3H3,(H,17,19). The summed E-state index contributed by atoms with van der Waals surface area (Å²) in [7, 11) is 0. The summed E-state index contributed by atoms with van der Waals surface area (Å²) in [5.74, 6) is 0.125. The third-order valence-corrected chi connectivity index (χ3v) is 4.09. The zero-order valence-electron chi connectivity index (χ0n) is 12.9. The van der Waals surface area contributed by atoms with E-state index in [4.69, 9.17) is 0 Å². The van der Waals surface area contributed by atoms with Gasteiger partial charge in [-0.25, -0.2) is 0 Å². The van der Waals surface area contributed by atoms with E-state index in [9.17, 15) is 4.79 Å². The van der Waals surface area contributed by atoms with E-state index in [1.54, 1.807) is 0 Å². The van der Waals surface area contributed by atoms with Crippen LogP contribution in [-0.4, -0.2) is 49.1 Å². The Morgan fingerprint density at radius 2 is 1.79 bits per heavy atom. The largest absolute Gasteiger partial charge is 0.352 e. The lowest BCUT2D eigenvalue weighted by atomic mass is 10.1. The third kappa shape index (κ3) is 6.39. The van der Waals surface area contributed by atoms with E-state index < -0.39 is 0 Å². The van der Waals surface area contributed by atoms with Crippen LogP contribution in [0.2, 0.25) is 0 Å². The van der Waals surface area contributed by atoms with Gasteiger partial charge in [-0.1, -0.05) is 20.3 Å². The molecule has 0 aromatic rings. The maximum Gasteiger partial charge on any atom is 0.234 e. The van der Waals surface area contributed by atoms with Crippen LogP contribution in [0, 0.1) is 0 Å². The van der Waals surface area contributed by atoms with Gasteiger partial charge >= 0.3 is 0 Å². The number of hydrogen-bond acceptors (Lipinski definition) is 3. The predicted molar refractivity (Wildman–Crippen MR) is 80.3 cm³/mol. The van der Waals surface area contributed by atoms with Gasteiger partial charge in [-0.15, -0.1) is 0 Å². The quantitative estimate of drug-likeness (QED) is 0.706. The summed E-state index contributed by atoms with van der Waals surface area (Å²) in [4.78, 5) is 14.3. The molecule has 4 heteroatoms. The first-order valence-electron chi connectivity index (χ1n) is 7.91. The number of nitrogens with one attached hydrogen (secondary N) is 2. The fourth-order valence-corrected chi connectivity index (χ4v) is 2.65. The van der Waals surface area contributed by atoms with Crippen molar-refractivity contribution in [3.8, 4) is 0 Å². The van der Waals surface area contributed by atoms with Gasteiger partial charge in [0.1, 0.15) is 0 Å². The van der Waals surface area contributed by atoms with E-state index in [1.807, 2.05) is 0 Å². The number of carbonyl (C=O) groups excluding carboxylic acids is 1. The fourth-order valence-electron chi connectivity index (χ4n) is 2.65. The van der Waals surface area contributed by atoms with Crippen molar-refractivity contribution < 1.29 is 4.79 Å². The van der Waals surface area contributed by atoms with E-state index in [-0.39, 0.29) is 5.91 Å². The molecule has 4 nitrogen and oxygen atoms in total. The average Bonchev–Trinajstić information content (AvgIpc) is 2.45. The molecule has 0 aromatic heterocycles. The van der Waals surface area contributed by atoms with Crippen molar-refractivity contribution in [1.82, 2.24) is 15.5 Å². The minimum Gasteiger partial charge on any atom is -0.352 e. The van der Waals surface area contributed by atoms with Crippen LogP contribution in [0.3, 0.4) is 0 Å². The number of carbonyl (C=O) groups is 1. The molecule has 1 fully saturated rings. The van der Waals surface area contributed by atoms with Gasteiger partial charge in [0.2, 0.25) is 5.91 Å². The van der Waals surface area contributed by atoms with Gasteiger partial charge in [0.15, 0.2) is 0 Å². The number of amides is 1. The summed E-state index contributed by atoms with van der Waals surface area (Å²) in [5, 5.41) is 6.34. The molecule has 1 aliphatic heterocycles. The van der Waals surface area contributed by atoms with Crippen molar-refractivity contribution in [3.05, 3.63) is 0 Å². The Labute approximate surface area is 118 Å². The lowest BCUT2D eigenvalue weighted by Gasteiger charge is -2.32. The second kappa shape index (κ2) is 9.32. The lowest BCUT2D eigenvalue weighted by Crippen LogP contribution is -2.46. The first kappa shape index (κ1) is 16.4. The summed E-state index contributed by atoms with van der Waals surface area (Å²) in [6, 6.07) is 0.857. The molecule has 1 saturated heterocycles. The number of rotatable bonds is 8. The molecule has 1 rings (SSSR count). The normalized spacial score (nSPS) is 18.5. The van der Waals surface area contributed by atoms with Crippen LogP contribution in [0.15, 0.2) is 0 Å². The third-order valence-electron chi connectivity index (χ3n) is 4.09. The number of nitrogens with zero attached hydrogens (tertiary/aromatic N) is 1. The molecule has 0 saturated carbocycles. The molecule has 0 aromatic carbocycles. The van der Waals surface area contributed by atoms with E-state index in [0.29, 0.717) is 18.6 Å². The van der Waals surface area contributed by atoms with E-state index in [1.165, 1.54) is 32.4 Å². The molecule has 0 bridgehead atoms. The number of likely N-dealkylation sites (tertiary alicyclic amines) is 1. The minimum absolute atomic E-state index is 0.125. The van der Waals surface area contributed by atoms with Crippen LogP contribution in [0.25, 0.3) is 0 Å². The molecular weight excluding hydrogens is 238 g/mol. The summed E-state index contributed by atoms with van der Waals surface area (Å²) in [6.07, 6.45) is 6.02. The Morgan fingerprint density at radius 3 is 2.37 bits per heavy atom.